The van der Waals surface area contributed by atoms with E-state index in [1.807, 2.05) is 66.3 Å². The van der Waals surface area contributed by atoms with Gasteiger partial charge < -0.3 is 24.1 Å². The van der Waals surface area contributed by atoms with E-state index < -0.39 is 5.60 Å². The number of benzene rings is 2. The highest BCUT2D eigenvalue weighted by Crippen LogP contribution is 2.29. The molecule has 0 amide bonds. The average molecular weight is 482 g/mol. The Kier molecular flexibility index (Phi) is 8.63. The monoisotopic (exact) mass is 481 g/mol. The van der Waals surface area contributed by atoms with E-state index in [4.69, 9.17) is 18.9 Å². The molecule has 35 heavy (non-hydrogen) atoms. The van der Waals surface area contributed by atoms with Crippen LogP contribution < -0.4 is 14.2 Å². The Balaban J connectivity index is 1.32. The predicted molar refractivity (Wildman–Crippen MR) is 133 cm³/mol. The molecule has 188 valence electrons. The summed E-state index contributed by atoms with van der Waals surface area (Å²) in [6, 6.07) is 15.7. The highest BCUT2D eigenvalue weighted by atomic mass is 16.5. The number of methoxy groups -OCH3 is 1. The maximum absolute atomic E-state index is 11.2. The Bertz CT molecular complexity index is 1040. The molecule has 0 saturated carbocycles. The molecule has 0 unspecified atom stereocenters. The van der Waals surface area contributed by atoms with Crippen molar-refractivity contribution in [3.63, 3.8) is 0 Å². The first kappa shape index (κ1) is 25.0. The Hall–Kier alpha value is -3.07. The number of hydrogen-bond acceptors (Lipinski definition) is 7. The van der Waals surface area contributed by atoms with Gasteiger partial charge in [0.1, 0.15) is 18.0 Å². The quantitative estimate of drug-likeness (QED) is 0.421. The largest absolute Gasteiger partial charge is 0.493 e. The second-order valence-electron chi connectivity index (χ2n) is 9.05. The van der Waals surface area contributed by atoms with Crippen molar-refractivity contribution >= 4 is 0 Å². The second-order valence-corrected chi connectivity index (χ2v) is 9.05. The molecule has 2 aromatic carbocycles. The zero-order valence-electron chi connectivity index (χ0n) is 20.6. The molecule has 1 atom stereocenters. The number of hydrogen-bond donors (Lipinski definition) is 1. The fourth-order valence-electron chi connectivity index (χ4n) is 4.10. The van der Waals surface area contributed by atoms with Crippen molar-refractivity contribution in [2.75, 3.05) is 46.6 Å². The summed E-state index contributed by atoms with van der Waals surface area (Å²) in [6.45, 7) is 6.21. The second kappa shape index (κ2) is 12.1. The lowest BCUT2D eigenvalue weighted by molar-refractivity contribution is -0.0646. The van der Waals surface area contributed by atoms with Crippen molar-refractivity contribution in [2.24, 2.45) is 0 Å². The van der Waals surface area contributed by atoms with E-state index in [1.165, 1.54) is 5.56 Å². The number of ether oxygens (including phenoxy) is 4. The van der Waals surface area contributed by atoms with E-state index in [0.717, 1.165) is 36.6 Å². The van der Waals surface area contributed by atoms with Gasteiger partial charge in [0.05, 0.1) is 26.9 Å². The van der Waals surface area contributed by atoms with Crippen LogP contribution >= 0.6 is 0 Å². The highest BCUT2D eigenvalue weighted by Gasteiger charge is 2.33. The predicted octanol–water partition coefficient (Wildman–Crippen LogP) is 3.31. The van der Waals surface area contributed by atoms with Crippen LogP contribution in [0, 0.1) is 6.92 Å². The zero-order chi connectivity index (χ0) is 24.5. The summed E-state index contributed by atoms with van der Waals surface area (Å²) in [4.78, 5) is 2.19. The van der Waals surface area contributed by atoms with Crippen LogP contribution in [0.25, 0.3) is 0 Å². The molecule has 1 aromatic heterocycles. The molecule has 8 heteroatoms. The number of β-amino-alcohol motifs (C(OH)–C–C–N with tert-alkyl or cyclic N) is 1. The molecule has 1 N–H and O–H groups in total. The van der Waals surface area contributed by atoms with Crippen LogP contribution in [-0.2, 0) is 17.8 Å². The highest BCUT2D eigenvalue weighted by molar-refractivity contribution is 5.43. The number of aromatic nitrogens is 2. The van der Waals surface area contributed by atoms with Crippen LogP contribution in [0.4, 0.5) is 0 Å². The third kappa shape index (κ3) is 7.45. The first-order valence-electron chi connectivity index (χ1n) is 12.0. The van der Waals surface area contributed by atoms with Crippen LogP contribution in [0.2, 0.25) is 0 Å². The number of rotatable bonds is 11. The maximum Gasteiger partial charge on any atom is 0.161 e. The van der Waals surface area contributed by atoms with Gasteiger partial charge in [-0.2, -0.15) is 5.10 Å². The van der Waals surface area contributed by atoms with E-state index in [0.29, 0.717) is 32.1 Å². The SMILES string of the molecule is COc1cc(CN2CCOC[C@](O)(COc3ccc(C)cc3)C2)ccc1OCCCn1cccn1. The molecular formula is C27H35N3O5. The summed E-state index contributed by atoms with van der Waals surface area (Å²) in [5.41, 5.74) is 1.15. The lowest BCUT2D eigenvalue weighted by Crippen LogP contribution is -2.48. The van der Waals surface area contributed by atoms with Crippen molar-refractivity contribution in [1.82, 2.24) is 14.7 Å². The molecule has 0 radical (unpaired) electrons. The summed E-state index contributed by atoms with van der Waals surface area (Å²) in [6.07, 6.45) is 4.57. The van der Waals surface area contributed by atoms with Crippen molar-refractivity contribution in [3.05, 3.63) is 72.1 Å². The third-order valence-corrected chi connectivity index (χ3v) is 5.95. The number of aliphatic hydroxyl groups is 1. The summed E-state index contributed by atoms with van der Waals surface area (Å²) >= 11 is 0. The van der Waals surface area contributed by atoms with Gasteiger partial charge in [0, 0.05) is 45.0 Å². The van der Waals surface area contributed by atoms with Crippen molar-refractivity contribution in [3.8, 4) is 17.2 Å². The van der Waals surface area contributed by atoms with E-state index in [9.17, 15) is 5.11 Å². The molecule has 2 heterocycles. The minimum absolute atomic E-state index is 0.168. The molecule has 1 aliphatic rings. The molecule has 1 saturated heterocycles. The Morgan fingerprint density at radius 3 is 2.74 bits per heavy atom. The van der Waals surface area contributed by atoms with Gasteiger partial charge in [0.25, 0.3) is 0 Å². The topological polar surface area (TPSA) is 78.2 Å². The van der Waals surface area contributed by atoms with Gasteiger partial charge in [-0.3, -0.25) is 9.58 Å². The van der Waals surface area contributed by atoms with E-state index in [2.05, 4.69) is 10.00 Å². The first-order valence-corrected chi connectivity index (χ1v) is 12.0. The molecule has 0 bridgehead atoms. The van der Waals surface area contributed by atoms with E-state index in [1.54, 1.807) is 13.3 Å². The summed E-state index contributed by atoms with van der Waals surface area (Å²) in [5.74, 6) is 2.16. The average Bonchev–Trinajstić information content (AvgIpc) is 3.31. The van der Waals surface area contributed by atoms with Gasteiger partial charge in [-0.1, -0.05) is 23.8 Å². The summed E-state index contributed by atoms with van der Waals surface area (Å²) in [5, 5.41) is 15.4. The van der Waals surface area contributed by atoms with Gasteiger partial charge in [-0.15, -0.1) is 0 Å². The summed E-state index contributed by atoms with van der Waals surface area (Å²) in [7, 11) is 1.65. The van der Waals surface area contributed by atoms with Crippen molar-refractivity contribution < 1.29 is 24.1 Å². The maximum atomic E-state index is 11.2. The molecule has 8 nitrogen and oxygen atoms in total. The van der Waals surface area contributed by atoms with Crippen LogP contribution in [0.1, 0.15) is 17.5 Å². The molecule has 3 aromatic rings. The fraction of sp³-hybridized carbons (Fsp3) is 0.444. The molecule has 0 spiro atoms. The molecular weight excluding hydrogens is 446 g/mol. The van der Waals surface area contributed by atoms with E-state index in [-0.39, 0.29) is 13.2 Å². The van der Waals surface area contributed by atoms with Gasteiger partial charge in [-0.25, -0.2) is 0 Å². The standard InChI is InChI=1S/C27H35N3O5/c1-22-5-8-24(9-6-22)35-21-27(31)19-29(14-16-33-20-27)18-23-7-10-25(26(17-23)32-2)34-15-4-13-30-12-3-11-28-30/h3,5-12,17,31H,4,13-16,18-21H2,1-2H3/t27-/m0/s1. The van der Waals surface area contributed by atoms with Crippen LogP contribution in [0.5, 0.6) is 17.2 Å². The third-order valence-electron chi connectivity index (χ3n) is 5.95. The molecule has 1 aliphatic heterocycles. The van der Waals surface area contributed by atoms with Gasteiger partial charge in [-0.05, 0) is 42.8 Å². The minimum atomic E-state index is -1.09. The van der Waals surface area contributed by atoms with Crippen molar-refractivity contribution in [1.29, 1.82) is 0 Å². The van der Waals surface area contributed by atoms with Gasteiger partial charge in [0.2, 0.25) is 0 Å². The molecule has 4 rings (SSSR count). The molecule has 0 aliphatic carbocycles. The van der Waals surface area contributed by atoms with Gasteiger partial charge >= 0.3 is 0 Å². The fourth-order valence-corrected chi connectivity index (χ4v) is 4.10. The van der Waals surface area contributed by atoms with Crippen molar-refractivity contribution in [2.45, 2.75) is 32.0 Å². The lowest BCUT2D eigenvalue weighted by atomic mass is 10.1. The van der Waals surface area contributed by atoms with Gasteiger partial charge in [0.15, 0.2) is 11.5 Å². The normalized spacial score (nSPS) is 18.7. The van der Waals surface area contributed by atoms with Crippen LogP contribution in [0.3, 0.4) is 0 Å². The van der Waals surface area contributed by atoms with E-state index >= 15 is 0 Å². The zero-order valence-corrected chi connectivity index (χ0v) is 20.6. The Labute approximate surface area is 207 Å². The molecule has 1 fully saturated rings. The van der Waals surface area contributed by atoms with Crippen LogP contribution in [-0.4, -0.2) is 72.0 Å². The lowest BCUT2D eigenvalue weighted by Gasteiger charge is -2.30. The summed E-state index contributed by atoms with van der Waals surface area (Å²) < 4.78 is 25.0. The number of aryl methyl sites for hydroxylation is 2. The smallest absolute Gasteiger partial charge is 0.161 e. The number of nitrogens with zero attached hydrogens (tertiary/aromatic N) is 3. The Morgan fingerprint density at radius 1 is 1.11 bits per heavy atom. The Morgan fingerprint density at radius 2 is 1.97 bits per heavy atom. The van der Waals surface area contributed by atoms with Crippen LogP contribution in [0.15, 0.2) is 60.9 Å². The first-order chi connectivity index (χ1) is 17.0. The minimum Gasteiger partial charge on any atom is -0.493 e.